The Morgan fingerprint density at radius 3 is 2.65 bits per heavy atom. The Bertz CT molecular complexity index is 874. The number of amides is 1. The maximum absolute atomic E-state index is 13.0. The topological polar surface area (TPSA) is 74.0 Å². The van der Waals surface area contributed by atoms with Crippen LogP contribution in [0, 0.1) is 18.3 Å². The number of carboxylic acid groups (broad SMARTS) is 1. The van der Waals surface area contributed by atoms with Crippen molar-refractivity contribution in [2.24, 2.45) is 11.3 Å². The standard InChI is InChI=1S/C20H22N2O4/c1-13-6-7-17(26-13)14-4-3-5-15(8-14)18(23)22-10-16-9-21(2)11-20(16,12-22)19(24)25/h3-8,16H,9-12H2,1-2H3,(H,24,25)/t16-,20-/m0/s1. The summed E-state index contributed by atoms with van der Waals surface area (Å²) < 4.78 is 5.64. The number of likely N-dealkylation sites (tertiary alicyclic amines) is 2. The minimum absolute atomic E-state index is 0.0233. The van der Waals surface area contributed by atoms with Gasteiger partial charge in [0.25, 0.3) is 5.91 Å². The lowest BCUT2D eigenvalue weighted by Gasteiger charge is -2.24. The first-order chi connectivity index (χ1) is 12.4. The number of carbonyl (C=O) groups excluding carboxylic acids is 1. The van der Waals surface area contributed by atoms with Crippen LogP contribution in [0.3, 0.4) is 0 Å². The molecule has 136 valence electrons. The van der Waals surface area contributed by atoms with Crippen molar-refractivity contribution in [3.8, 4) is 11.3 Å². The maximum atomic E-state index is 13.0. The number of carboxylic acids is 1. The van der Waals surface area contributed by atoms with Crippen molar-refractivity contribution in [2.75, 3.05) is 33.2 Å². The predicted octanol–water partition coefficient (Wildman–Crippen LogP) is 2.34. The van der Waals surface area contributed by atoms with Gasteiger partial charge in [-0.3, -0.25) is 9.59 Å². The summed E-state index contributed by atoms with van der Waals surface area (Å²) >= 11 is 0. The van der Waals surface area contributed by atoms with Crippen molar-refractivity contribution in [2.45, 2.75) is 6.92 Å². The molecule has 1 N–H and O–H groups in total. The fourth-order valence-corrected chi connectivity index (χ4v) is 4.35. The molecule has 2 aliphatic heterocycles. The van der Waals surface area contributed by atoms with Gasteiger partial charge in [-0.15, -0.1) is 0 Å². The van der Waals surface area contributed by atoms with Crippen LogP contribution >= 0.6 is 0 Å². The fraction of sp³-hybridized carbons (Fsp3) is 0.400. The third-order valence-corrected chi connectivity index (χ3v) is 5.63. The monoisotopic (exact) mass is 354 g/mol. The molecule has 2 aliphatic rings. The van der Waals surface area contributed by atoms with Crippen LogP contribution in [0.15, 0.2) is 40.8 Å². The van der Waals surface area contributed by atoms with E-state index < -0.39 is 11.4 Å². The third kappa shape index (κ3) is 2.61. The zero-order valence-corrected chi connectivity index (χ0v) is 14.9. The van der Waals surface area contributed by atoms with Crippen LogP contribution in [-0.4, -0.2) is 60.0 Å². The Morgan fingerprint density at radius 2 is 2.00 bits per heavy atom. The summed E-state index contributed by atoms with van der Waals surface area (Å²) in [5.74, 6) is 0.593. The number of nitrogens with zero attached hydrogens (tertiary/aromatic N) is 2. The van der Waals surface area contributed by atoms with Crippen LogP contribution < -0.4 is 0 Å². The zero-order chi connectivity index (χ0) is 18.5. The van der Waals surface area contributed by atoms with Crippen molar-refractivity contribution in [3.05, 3.63) is 47.7 Å². The molecule has 0 radical (unpaired) electrons. The van der Waals surface area contributed by atoms with Gasteiger partial charge in [0.05, 0.1) is 0 Å². The van der Waals surface area contributed by atoms with Crippen molar-refractivity contribution >= 4 is 11.9 Å². The normalized spacial score (nSPS) is 25.5. The van der Waals surface area contributed by atoms with Gasteiger partial charge in [-0.25, -0.2) is 0 Å². The first kappa shape index (κ1) is 16.8. The van der Waals surface area contributed by atoms with Gasteiger partial charge in [0, 0.05) is 43.2 Å². The summed E-state index contributed by atoms with van der Waals surface area (Å²) in [5.41, 5.74) is 0.557. The molecule has 2 saturated heterocycles. The van der Waals surface area contributed by atoms with E-state index in [-0.39, 0.29) is 18.4 Å². The maximum Gasteiger partial charge on any atom is 0.313 e. The molecule has 0 unspecified atom stereocenters. The molecule has 6 nitrogen and oxygen atoms in total. The molecular formula is C20H22N2O4. The van der Waals surface area contributed by atoms with Crippen LogP contribution in [0.5, 0.6) is 0 Å². The van der Waals surface area contributed by atoms with E-state index >= 15 is 0 Å². The average molecular weight is 354 g/mol. The Labute approximate surface area is 152 Å². The van der Waals surface area contributed by atoms with Gasteiger partial charge in [0.1, 0.15) is 16.9 Å². The SMILES string of the molecule is Cc1ccc(-c2cccc(C(=O)N3C[C@@H]4CN(C)C[C@]4(C(=O)O)C3)c2)o1. The molecule has 0 spiro atoms. The van der Waals surface area contributed by atoms with Gasteiger partial charge < -0.3 is 19.3 Å². The van der Waals surface area contributed by atoms with E-state index in [0.29, 0.717) is 25.2 Å². The summed E-state index contributed by atoms with van der Waals surface area (Å²) in [6.45, 7) is 3.83. The number of hydrogen-bond donors (Lipinski definition) is 1. The molecule has 2 fully saturated rings. The van der Waals surface area contributed by atoms with E-state index in [4.69, 9.17) is 4.42 Å². The van der Waals surface area contributed by atoms with Crippen LogP contribution in [-0.2, 0) is 4.79 Å². The Kier molecular flexibility index (Phi) is 3.88. The van der Waals surface area contributed by atoms with Gasteiger partial charge in [0.2, 0.25) is 0 Å². The highest BCUT2D eigenvalue weighted by atomic mass is 16.4. The number of rotatable bonds is 3. The quantitative estimate of drug-likeness (QED) is 0.916. The minimum Gasteiger partial charge on any atom is -0.481 e. The lowest BCUT2D eigenvalue weighted by atomic mass is 9.81. The zero-order valence-electron chi connectivity index (χ0n) is 14.9. The van der Waals surface area contributed by atoms with Gasteiger partial charge >= 0.3 is 5.97 Å². The molecule has 0 aliphatic carbocycles. The van der Waals surface area contributed by atoms with Crippen molar-refractivity contribution in [1.29, 1.82) is 0 Å². The molecule has 0 saturated carbocycles. The number of furan rings is 1. The van der Waals surface area contributed by atoms with E-state index in [9.17, 15) is 14.7 Å². The van der Waals surface area contributed by atoms with E-state index in [1.54, 1.807) is 11.0 Å². The van der Waals surface area contributed by atoms with Gasteiger partial charge in [-0.2, -0.15) is 0 Å². The number of aryl methyl sites for hydroxylation is 1. The third-order valence-electron chi connectivity index (χ3n) is 5.63. The summed E-state index contributed by atoms with van der Waals surface area (Å²) in [4.78, 5) is 28.7. The van der Waals surface area contributed by atoms with Crippen LogP contribution in [0.1, 0.15) is 16.1 Å². The smallest absolute Gasteiger partial charge is 0.313 e. The summed E-state index contributed by atoms with van der Waals surface area (Å²) in [7, 11) is 1.93. The minimum atomic E-state index is -0.847. The highest BCUT2D eigenvalue weighted by molar-refractivity contribution is 5.96. The second kappa shape index (κ2) is 5.99. The molecule has 4 rings (SSSR count). The fourth-order valence-electron chi connectivity index (χ4n) is 4.35. The number of fused-ring (bicyclic) bond motifs is 1. The molecule has 3 heterocycles. The van der Waals surface area contributed by atoms with Crippen LogP contribution in [0.25, 0.3) is 11.3 Å². The lowest BCUT2D eigenvalue weighted by Crippen LogP contribution is -2.41. The highest BCUT2D eigenvalue weighted by Crippen LogP contribution is 2.42. The lowest BCUT2D eigenvalue weighted by molar-refractivity contribution is -0.148. The molecule has 2 atom stereocenters. The van der Waals surface area contributed by atoms with Gasteiger partial charge in [0.15, 0.2) is 0 Å². The predicted molar refractivity (Wildman–Crippen MR) is 95.8 cm³/mol. The first-order valence-electron chi connectivity index (χ1n) is 8.77. The second-order valence-corrected chi connectivity index (χ2v) is 7.53. The number of carbonyl (C=O) groups is 2. The van der Waals surface area contributed by atoms with Gasteiger partial charge in [-0.1, -0.05) is 12.1 Å². The van der Waals surface area contributed by atoms with E-state index in [0.717, 1.165) is 17.1 Å². The molecule has 1 aromatic heterocycles. The highest BCUT2D eigenvalue weighted by Gasteiger charge is 2.57. The Balaban J connectivity index is 1.59. The molecule has 2 aromatic rings. The molecule has 0 bridgehead atoms. The number of hydrogen-bond acceptors (Lipinski definition) is 4. The van der Waals surface area contributed by atoms with Crippen LogP contribution in [0.2, 0.25) is 0 Å². The van der Waals surface area contributed by atoms with Crippen molar-refractivity contribution < 1.29 is 19.1 Å². The van der Waals surface area contributed by atoms with E-state index in [1.807, 2.05) is 49.2 Å². The summed E-state index contributed by atoms with van der Waals surface area (Å²) in [6, 6.07) is 11.1. The number of benzene rings is 1. The van der Waals surface area contributed by atoms with E-state index in [1.165, 1.54) is 0 Å². The average Bonchev–Trinajstić information content (AvgIpc) is 3.26. The number of aliphatic carboxylic acids is 1. The summed E-state index contributed by atoms with van der Waals surface area (Å²) in [5, 5.41) is 9.78. The van der Waals surface area contributed by atoms with Gasteiger partial charge in [-0.05, 0) is 38.2 Å². The van der Waals surface area contributed by atoms with Crippen molar-refractivity contribution in [3.63, 3.8) is 0 Å². The Morgan fingerprint density at radius 1 is 1.19 bits per heavy atom. The molecular weight excluding hydrogens is 332 g/mol. The molecule has 26 heavy (non-hydrogen) atoms. The molecule has 6 heteroatoms. The van der Waals surface area contributed by atoms with E-state index in [2.05, 4.69) is 0 Å². The first-order valence-corrected chi connectivity index (χ1v) is 8.77. The largest absolute Gasteiger partial charge is 0.481 e. The second-order valence-electron chi connectivity index (χ2n) is 7.53. The van der Waals surface area contributed by atoms with Crippen molar-refractivity contribution in [1.82, 2.24) is 9.80 Å². The molecule has 1 amide bonds. The molecule has 1 aromatic carbocycles. The Hall–Kier alpha value is -2.60. The summed E-state index contributed by atoms with van der Waals surface area (Å²) in [6.07, 6.45) is 0. The van der Waals surface area contributed by atoms with Crippen LogP contribution in [0.4, 0.5) is 0 Å².